The van der Waals surface area contributed by atoms with Crippen molar-refractivity contribution in [3.8, 4) is 5.75 Å². The molecule has 2 atom stereocenters. The van der Waals surface area contributed by atoms with Crippen molar-refractivity contribution in [2.75, 3.05) is 0 Å². The Labute approximate surface area is 142 Å². The lowest BCUT2D eigenvalue weighted by Crippen LogP contribution is -2.26. The molecule has 1 aliphatic rings. The first-order valence-corrected chi connectivity index (χ1v) is 9.50. The van der Waals surface area contributed by atoms with Crippen molar-refractivity contribution < 1.29 is 9.47 Å². The molecule has 0 radical (unpaired) electrons. The maximum Gasteiger partial charge on any atom is 0.197 e. The molecule has 0 spiro atoms. The lowest BCUT2D eigenvalue weighted by molar-refractivity contribution is -0.116. The summed E-state index contributed by atoms with van der Waals surface area (Å²) in [6, 6.07) is 8.64. The zero-order chi connectivity index (χ0) is 16.7. The van der Waals surface area contributed by atoms with Gasteiger partial charge in [-0.05, 0) is 62.1 Å². The second-order valence-electron chi connectivity index (χ2n) is 7.39. The Morgan fingerprint density at radius 3 is 2.22 bits per heavy atom. The van der Waals surface area contributed by atoms with E-state index < -0.39 is 0 Å². The van der Waals surface area contributed by atoms with E-state index in [-0.39, 0.29) is 6.29 Å². The Morgan fingerprint density at radius 1 is 1.00 bits per heavy atom. The first kappa shape index (κ1) is 18.3. The van der Waals surface area contributed by atoms with Gasteiger partial charge in [0.05, 0.1) is 6.10 Å². The highest BCUT2D eigenvalue weighted by molar-refractivity contribution is 5.29. The van der Waals surface area contributed by atoms with Crippen molar-refractivity contribution >= 4 is 0 Å². The molecule has 1 aromatic rings. The molecule has 0 heterocycles. The van der Waals surface area contributed by atoms with Crippen LogP contribution in [0.15, 0.2) is 24.3 Å². The fraction of sp³-hybridized carbons (Fsp3) is 0.714. The van der Waals surface area contributed by atoms with Gasteiger partial charge in [0.2, 0.25) is 0 Å². The Bertz CT molecular complexity index is 432. The van der Waals surface area contributed by atoms with Crippen LogP contribution in [-0.4, -0.2) is 12.4 Å². The molecule has 2 unspecified atom stereocenters. The molecule has 130 valence electrons. The molecule has 0 aliphatic heterocycles. The normalized spacial score (nSPS) is 18.8. The van der Waals surface area contributed by atoms with Gasteiger partial charge < -0.3 is 9.47 Å². The van der Waals surface area contributed by atoms with Crippen molar-refractivity contribution in [3.05, 3.63) is 29.8 Å². The van der Waals surface area contributed by atoms with Gasteiger partial charge in [0, 0.05) is 0 Å². The van der Waals surface area contributed by atoms with Crippen LogP contribution < -0.4 is 4.74 Å². The first-order chi connectivity index (χ1) is 11.1. The molecule has 2 heteroatoms. The number of benzene rings is 1. The maximum atomic E-state index is 6.02. The third kappa shape index (κ3) is 6.18. The van der Waals surface area contributed by atoms with Gasteiger partial charge in [-0.15, -0.1) is 0 Å². The highest BCUT2D eigenvalue weighted by Crippen LogP contribution is 2.29. The summed E-state index contributed by atoms with van der Waals surface area (Å²) in [5, 5.41) is 0. The zero-order valence-corrected chi connectivity index (χ0v) is 15.4. The van der Waals surface area contributed by atoms with E-state index in [1.807, 2.05) is 6.92 Å². The number of rotatable bonds is 8. The van der Waals surface area contributed by atoms with E-state index in [0.29, 0.717) is 12.0 Å². The fourth-order valence-corrected chi connectivity index (χ4v) is 3.62. The van der Waals surface area contributed by atoms with E-state index in [2.05, 4.69) is 45.0 Å². The predicted molar refractivity (Wildman–Crippen MR) is 97.0 cm³/mol. The third-order valence-corrected chi connectivity index (χ3v) is 4.84. The second-order valence-corrected chi connectivity index (χ2v) is 7.39. The van der Waals surface area contributed by atoms with Crippen LogP contribution in [0.1, 0.15) is 84.1 Å². The van der Waals surface area contributed by atoms with Crippen LogP contribution in [0.5, 0.6) is 5.75 Å². The van der Waals surface area contributed by atoms with E-state index >= 15 is 0 Å². The Balaban J connectivity index is 1.85. The summed E-state index contributed by atoms with van der Waals surface area (Å²) in [6.07, 6.45) is 8.96. The number of ether oxygens (including phenoxy) is 2. The summed E-state index contributed by atoms with van der Waals surface area (Å²) in [5.41, 5.74) is 1.43. The molecule has 1 aromatic carbocycles. The molecular weight excluding hydrogens is 284 g/mol. The van der Waals surface area contributed by atoms with E-state index in [1.54, 1.807) is 0 Å². The van der Waals surface area contributed by atoms with Crippen LogP contribution in [0.4, 0.5) is 0 Å². The van der Waals surface area contributed by atoms with Crippen LogP contribution in [0, 0.1) is 5.92 Å². The third-order valence-electron chi connectivity index (χ3n) is 4.84. The van der Waals surface area contributed by atoms with Crippen LogP contribution in [0.25, 0.3) is 0 Å². The van der Waals surface area contributed by atoms with Crippen LogP contribution >= 0.6 is 0 Å². The second kappa shape index (κ2) is 9.32. The average molecular weight is 319 g/mol. The van der Waals surface area contributed by atoms with Crippen LogP contribution in [0.2, 0.25) is 0 Å². The molecule has 0 saturated heterocycles. The van der Waals surface area contributed by atoms with E-state index in [4.69, 9.17) is 9.47 Å². The zero-order valence-electron chi connectivity index (χ0n) is 15.4. The Kier molecular flexibility index (Phi) is 7.42. The van der Waals surface area contributed by atoms with Gasteiger partial charge in [-0.2, -0.15) is 0 Å². The molecule has 0 amide bonds. The van der Waals surface area contributed by atoms with Gasteiger partial charge in [-0.1, -0.05) is 52.2 Å². The molecule has 1 saturated carbocycles. The van der Waals surface area contributed by atoms with Crippen molar-refractivity contribution in [1.82, 2.24) is 0 Å². The van der Waals surface area contributed by atoms with E-state index in [9.17, 15) is 0 Å². The van der Waals surface area contributed by atoms with Gasteiger partial charge in [0.25, 0.3) is 0 Å². The van der Waals surface area contributed by atoms with Crippen molar-refractivity contribution in [3.63, 3.8) is 0 Å². The van der Waals surface area contributed by atoms with Crippen LogP contribution in [-0.2, 0) is 4.74 Å². The molecule has 2 nitrogen and oxygen atoms in total. The first-order valence-electron chi connectivity index (χ1n) is 9.50. The monoisotopic (exact) mass is 318 g/mol. The van der Waals surface area contributed by atoms with Gasteiger partial charge in [0.15, 0.2) is 6.29 Å². The fourth-order valence-electron chi connectivity index (χ4n) is 3.62. The van der Waals surface area contributed by atoms with Gasteiger partial charge >= 0.3 is 0 Å². The predicted octanol–water partition coefficient (Wildman–Crippen LogP) is 6.30. The van der Waals surface area contributed by atoms with E-state index in [0.717, 1.165) is 11.7 Å². The standard InChI is InChI=1S/C21H34O2/c1-5-18(15-16(2)3)19-11-13-21(14-12-19)23-17(4)22-20-9-7-6-8-10-20/h11-14,16-18,20H,5-10,15H2,1-4H3. The summed E-state index contributed by atoms with van der Waals surface area (Å²) in [4.78, 5) is 0. The Morgan fingerprint density at radius 2 is 1.65 bits per heavy atom. The SMILES string of the molecule is CCC(CC(C)C)c1ccc(OC(C)OC2CCCCC2)cc1. The average Bonchev–Trinajstić information content (AvgIpc) is 2.54. The van der Waals surface area contributed by atoms with Gasteiger partial charge in [-0.25, -0.2) is 0 Å². The molecule has 23 heavy (non-hydrogen) atoms. The molecular formula is C21H34O2. The summed E-state index contributed by atoms with van der Waals surface area (Å²) < 4.78 is 12.0. The topological polar surface area (TPSA) is 18.5 Å². The quantitative estimate of drug-likeness (QED) is 0.524. The molecule has 0 N–H and O–H groups in total. The minimum Gasteiger partial charge on any atom is -0.465 e. The lowest BCUT2D eigenvalue weighted by Gasteiger charge is -2.26. The van der Waals surface area contributed by atoms with Gasteiger partial charge in [-0.3, -0.25) is 0 Å². The van der Waals surface area contributed by atoms with Crippen molar-refractivity contribution in [2.24, 2.45) is 5.92 Å². The molecule has 0 bridgehead atoms. The minimum absolute atomic E-state index is 0.165. The highest BCUT2D eigenvalue weighted by Gasteiger charge is 2.17. The molecule has 1 aliphatic carbocycles. The Hall–Kier alpha value is -1.02. The molecule has 2 rings (SSSR count). The molecule has 1 fully saturated rings. The number of hydrogen-bond acceptors (Lipinski definition) is 2. The van der Waals surface area contributed by atoms with Crippen LogP contribution in [0.3, 0.4) is 0 Å². The van der Waals surface area contributed by atoms with Crippen molar-refractivity contribution in [2.45, 2.75) is 91.0 Å². The minimum atomic E-state index is -0.165. The number of hydrogen-bond donors (Lipinski definition) is 0. The maximum absolute atomic E-state index is 6.02. The summed E-state index contributed by atoms with van der Waals surface area (Å²) in [6.45, 7) is 8.88. The molecule has 0 aromatic heterocycles. The summed E-state index contributed by atoms with van der Waals surface area (Å²) in [5.74, 6) is 2.30. The smallest absolute Gasteiger partial charge is 0.197 e. The van der Waals surface area contributed by atoms with E-state index in [1.165, 1.54) is 50.5 Å². The largest absolute Gasteiger partial charge is 0.465 e. The summed E-state index contributed by atoms with van der Waals surface area (Å²) >= 11 is 0. The highest BCUT2D eigenvalue weighted by atomic mass is 16.7. The van der Waals surface area contributed by atoms with Crippen molar-refractivity contribution in [1.29, 1.82) is 0 Å². The lowest BCUT2D eigenvalue weighted by atomic mass is 9.88. The summed E-state index contributed by atoms with van der Waals surface area (Å²) in [7, 11) is 0. The van der Waals surface area contributed by atoms with Gasteiger partial charge in [0.1, 0.15) is 5.75 Å².